The van der Waals surface area contributed by atoms with E-state index < -0.39 is 0 Å². The third-order valence-corrected chi connectivity index (χ3v) is 3.08. The minimum absolute atomic E-state index is 0.211. The van der Waals surface area contributed by atoms with E-state index in [4.69, 9.17) is 0 Å². The Bertz CT molecular complexity index is 513. The van der Waals surface area contributed by atoms with Crippen LogP contribution in [0.15, 0.2) is 30.5 Å². The SMILES string of the molecule is Cc1nn(C)cc1-c1ccc(C(C)(C)C)cc1. The van der Waals surface area contributed by atoms with E-state index in [2.05, 4.69) is 56.3 Å². The summed E-state index contributed by atoms with van der Waals surface area (Å²) in [6.45, 7) is 8.75. The van der Waals surface area contributed by atoms with Gasteiger partial charge in [0.2, 0.25) is 0 Å². The highest BCUT2D eigenvalue weighted by molar-refractivity contribution is 5.65. The Labute approximate surface area is 103 Å². The molecule has 0 fully saturated rings. The number of rotatable bonds is 1. The van der Waals surface area contributed by atoms with Crippen molar-refractivity contribution in [2.75, 3.05) is 0 Å². The number of benzene rings is 1. The molecule has 0 unspecified atom stereocenters. The monoisotopic (exact) mass is 228 g/mol. The van der Waals surface area contributed by atoms with Crippen LogP contribution in [0.25, 0.3) is 11.1 Å². The summed E-state index contributed by atoms with van der Waals surface area (Å²) in [4.78, 5) is 0. The summed E-state index contributed by atoms with van der Waals surface area (Å²) in [5, 5.41) is 4.38. The van der Waals surface area contributed by atoms with Gasteiger partial charge in [0.05, 0.1) is 5.69 Å². The lowest BCUT2D eigenvalue weighted by molar-refractivity contribution is 0.590. The summed E-state index contributed by atoms with van der Waals surface area (Å²) >= 11 is 0. The van der Waals surface area contributed by atoms with Gasteiger partial charge in [-0.25, -0.2) is 0 Å². The molecule has 0 radical (unpaired) electrons. The molecule has 0 atom stereocenters. The lowest BCUT2D eigenvalue weighted by Gasteiger charge is -2.19. The summed E-state index contributed by atoms with van der Waals surface area (Å²) in [5.41, 5.74) is 5.11. The van der Waals surface area contributed by atoms with Gasteiger partial charge in [-0.05, 0) is 23.5 Å². The third kappa shape index (κ3) is 2.41. The highest BCUT2D eigenvalue weighted by atomic mass is 15.2. The predicted molar refractivity (Wildman–Crippen MR) is 72.1 cm³/mol. The Morgan fingerprint density at radius 1 is 1.06 bits per heavy atom. The molecule has 1 aromatic heterocycles. The average Bonchev–Trinajstić information content (AvgIpc) is 2.57. The standard InChI is InChI=1S/C15H20N2/c1-11-14(10-17(5)16-11)12-6-8-13(9-7-12)15(2,3)4/h6-10H,1-5H3. The van der Waals surface area contributed by atoms with Gasteiger partial charge in [-0.3, -0.25) is 4.68 Å². The maximum absolute atomic E-state index is 4.38. The zero-order valence-electron chi connectivity index (χ0n) is 11.3. The van der Waals surface area contributed by atoms with Crippen LogP contribution in [0.5, 0.6) is 0 Å². The molecule has 0 saturated heterocycles. The molecule has 17 heavy (non-hydrogen) atoms. The Balaban J connectivity index is 2.39. The molecule has 0 amide bonds. The van der Waals surface area contributed by atoms with Crippen molar-refractivity contribution >= 4 is 0 Å². The minimum atomic E-state index is 0.211. The van der Waals surface area contributed by atoms with E-state index in [9.17, 15) is 0 Å². The molecule has 2 aromatic rings. The molecule has 2 heteroatoms. The summed E-state index contributed by atoms with van der Waals surface area (Å²) in [5.74, 6) is 0. The van der Waals surface area contributed by atoms with Crippen molar-refractivity contribution in [3.8, 4) is 11.1 Å². The molecule has 0 saturated carbocycles. The first-order valence-electron chi connectivity index (χ1n) is 5.99. The molecule has 1 aromatic carbocycles. The fraction of sp³-hybridized carbons (Fsp3) is 0.400. The molecule has 0 spiro atoms. The van der Waals surface area contributed by atoms with Crippen LogP contribution >= 0.6 is 0 Å². The quantitative estimate of drug-likeness (QED) is 0.728. The van der Waals surface area contributed by atoms with Crippen LogP contribution in [-0.4, -0.2) is 9.78 Å². The van der Waals surface area contributed by atoms with Gasteiger partial charge in [-0.2, -0.15) is 5.10 Å². The van der Waals surface area contributed by atoms with Gasteiger partial charge in [0, 0.05) is 18.8 Å². The molecular weight excluding hydrogens is 208 g/mol. The van der Waals surface area contributed by atoms with Crippen molar-refractivity contribution in [3.63, 3.8) is 0 Å². The van der Waals surface area contributed by atoms with E-state index in [1.54, 1.807) is 0 Å². The topological polar surface area (TPSA) is 17.8 Å². The van der Waals surface area contributed by atoms with Gasteiger partial charge in [-0.1, -0.05) is 45.0 Å². The van der Waals surface area contributed by atoms with Crippen LogP contribution in [-0.2, 0) is 12.5 Å². The first-order valence-corrected chi connectivity index (χ1v) is 5.99. The lowest BCUT2D eigenvalue weighted by Crippen LogP contribution is -2.10. The van der Waals surface area contributed by atoms with Gasteiger partial charge < -0.3 is 0 Å². The minimum Gasteiger partial charge on any atom is -0.275 e. The second kappa shape index (κ2) is 4.02. The van der Waals surface area contributed by atoms with Crippen LogP contribution in [0.2, 0.25) is 0 Å². The third-order valence-electron chi connectivity index (χ3n) is 3.08. The van der Waals surface area contributed by atoms with Gasteiger partial charge in [-0.15, -0.1) is 0 Å². The number of nitrogens with zero attached hydrogens (tertiary/aromatic N) is 2. The zero-order valence-corrected chi connectivity index (χ0v) is 11.3. The average molecular weight is 228 g/mol. The van der Waals surface area contributed by atoms with Crippen molar-refractivity contribution < 1.29 is 0 Å². The first kappa shape index (κ1) is 11.9. The van der Waals surface area contributed by atoms with Gasteiger partial charge >= 0.3 is 0 Å². The van der Waals surface area contributed by atoms with Gasteiger partial charge in [0.25, 0.3) is 0 Å². The maximum atomic E-state index is 4.38. The van der Waals surface area contributed by atoms with Gasteiger partial charge in [0.15, 0.2) is 0 Å². The molecular formula is C15H20N2. The normalized spacial score (nSPS) is 11.8. The van der Waals surface area contributed by atoms with Crippen molar-refractivity contribution in [3.05, 3.63) is 41.7 Å². The number of aromatic nitrogens is 2. The molecule has 90 valence electrons. The van der Waals surface area contributed by atoms with Crippen LogP contribution < -0.4 is 0 Å². The van der Waals surface area contributed by atoms with Crippen LogP contribution in [0.1, 0.15) is 32.0 Å². The first-order chi connectivity index (χ1) is 7.88. The second-order valence-electron chi connectivity index (χ2n) is 5.63. The lowest BCUT2D eigenvalue weighted by atomic mass is 9.86. The fourth-order valence-electron chi connectivity index (χ4n) is 2.03. The molecule has 0 aliphatic rings. The van der Waals surface area contributed by atoms with E-state index in [1.165, 1.54) is 16.7 Å². The smallest absolute Gasteiger partial charge is 0.0671 e. The fourth-order valence-corrected chi connectivity index (χ4v) is 2.03. The highest BCUT2D eigenvalue weighted by Crippen LogP contribution is 2.27. The molecule has 2 nitrogen and oxygen atoms in total. The summed E-state index contributed by atoms with van der Waals surface area (Å²) in [7, 11) is 1.96. The van der Waals surface area contributed by atoms with Crippen molar-refractivity contribution in [2.45, 2.75) is 33.1 Å². The molecule has 0 aliphatic carbocycles. The van der Waals surface area contributed by atoms with Crippen molar-refractivity contribution in [2.24, 2.45) is 7.05 Å². The Hall–Kier alpha value is -1.57. The largest absolute Gasteiger partial charge is 0.275 e. The summed E-state index contributed by atoms with van der Waals surface area (Å²) in [6.07, 6.45) is 2.07. The highest BCUT2D eigenvalue weighted by Gasteiger charge is 2.13. The molecule has 0 bridgehead atoms. The Kier molecular flexibility index (Phi) is 2.82. The molecule has 0 N–H and O–H groups in total. The van der Waals surface area contributed by atoms with Crippen LogP contribution in [0.4, 0.5) is 0 Å². The zero-order chi connectivity index (χ0) is 12.6. The predicted octanol–water partition coefficient (Wildman–Crippen LogP) is 3.69. The van der Waals surface area contributed by atoms with Crippen molar-refractivity contribution in [1.82, 2.24) is 9.78 Å². The van der Waals surface area contributed by atoms with E-state index in [0.29, 0.717) is 0 Å². The number of aryl methyl sites for hydroxylation is 2. The summed E-state index contributed by atoms with van der Waals surface area (Å²) in [6, 6.07) is 8.79. The second-order valence-corrected chi connectivity index (χ2v) is 5.63. The van der Waals surface area contributed by atoms with Crippen LogP contribution in [0, 0.1) is 6.92 Å². The number of hydrogen-bond acceptors (Lipinski definition) is 1. The maximum Gasteiger partial charge on any atom is 0.0671 e. The number of hydrogen-bond donors (Lipinski definition) is 0. The van der Waals surface area contributed by atoms with Crippen molar-refractivity contribution in [1.29, 1.82) is 0 Å². The van der Waals surface area contributed by atoms with Gasteiger partial charge in [0.1, 0.15) is 0 Å². The summed E-state index contributed by atoms with van der Waals surface area (Å²) < 4.78 is 1.86. The van der Waals surface area contributed by atoms with Crippen LogP contribution in [0.3, 0.4) is 0 Å². The van der Waals surface area contributed by atoms with E-state index >= 15 is 0 Å². The van der Waals surface area contributed by atoms with E-state index in [0.717, 1.165) is 5.69 Å². The molecule has 2 rings (SSSR count). The van der Waals surface area contributed by atoms with E-state index in [-0.39, 0.29) is 5.41 Å². The molecule has 0 aliphatic heterocycles. The Morgan fingerprint density at radius 3 is 2.06 bits per heavy atom. The Morgan fingerprint density at radius 2 is 1.65 bits per heavy atom. The van der Waals surface area contributed by atoms with E-state index in [1.807, 2.05) is 18.7 Å². The molecule has 1 heterocycles.